The maximum atomic E-state index is 13.6. The Morgan fingerprint density at radius 1 is 0.870 bits per heavy atom. The Labute approximate surface area is 269 Å². The van der Waals surface area contributed by atoms with Crippen LogP contribution in [0.4, 0.5) is 0 Å². The highest BCUT2D eigenvalue weighted by molar-refractivity contribution is 5.95. The van der Waals surface area contributed by atoms with Gasteiger partial charge in [-0.2, -0.15) is 0 Å². The second-order valence-electron chi connectivity index (χ2n) is 12.0. The second kappa shape index (κ2) is 16.2. The van der Waals surface area contributed by atoms with Crippen LogP contribution in [0.2, 0.25) is 0 Å². The van der Waals surface area contributed by atoms with Gasteiger partial charge in [0.1, 0.15) is 30.5 Å². The van der Waals surface area contributed by atoms with E-state index in [0.29, 0.717) is 19.7 Å². The summed E-state index contributed by atoms with van der Waals surface area (Å²) < 4.78 is 5.81. The second-order valence-corrected chi connectivity index (χ2v) is 12.0. The predicted molar refractivity (Wildman–Crippen MR) is 169 cm³/mol. The van der Waals surface area contributed by atoms with Gasteiger partial charge in [-0.3, -0.25) is 28.9 Å². The molecule has 248 valence electrons. The number of benzene rings is 2. The van der Waals surface area contributed by atoms with E-state index in [9.17, 15) is 29.1 Å². The van der Waals surface area contributed by atoms with Crippen LogP contribution in [0.25, 0.3) is 0 Å². The molecule has 2 aromatic carbocycles. The zero-order valence-corrected chi connectivity index (χ0v) is 26.5. The molecule has 0 aliphatic carbocycles. The van der Waals surface area contributed by atoms with Gasteiger partial charge in [-0.05, 0) is 24.5 Å². The van der Waals surface area contributed by atoms with E-state index in [0.717, 1.165) is 16.9 Å². The maximum absolute atomic E-state index is 13.6. The Bertz CT molecular complexity index is 1390. The Morgan fingerprint density at radius 3 is 2.30 bits per heavy atom. The van der Waals surface area contributed by atoms with E-state index in [1.807, 2.05) is 35.2 Å². The normalized spacial score (nSPS) is 22.9. The Hall–Kier alpha value is -4.49. The zero-order chi connectivity index (χ0) is 33.2. The summed E-state index contributed by atoms with van der Waals surface area (Å²) in [7, 11) is 0. The molecule has 2 aromatic rings. The third kappa shape index (κ3) is 9.51. The molecule has 1 fully saturated rings. The van der Waals surface area contributed by atoms with Crippen molar-refractivity contribution in [1.82, 2.24) is 31.1 Å². The lowest BCUT2D eigenvalue weighted by Crippen LogP contribution is -2.60. The lowest BCUT2D eigenvalue weighted by molar-refractivity contribution is -0.138. The average molecular weight is 637 g/mol. The van der Waals surface area contributed by atoms with Gasteiger partial charge in [0.05, 0.1) is 19.2 Å². The van der Waals surface area contributed by atoms with Crippen LogP contribution in [-0.2, 0) is 36.9 Å². The summed E-state index contributed by atoms with van der Waals surface area (Å²) in [6.07, 6.45) is -1.15. The quantitative estimate of drug-likeness (QED) is 0.285. The zero-order valence-electron chi connectivity index (χ0n) is 26.5. The molecule has 2 aliphatic heterocycles. The highest BCUT2D eigenvalue weighted by Gasteiger charge is 2.34. The van der Waals surface area contributed by atoms with Crippen LogP contribution in [0.3, 0.4) is 0 Å². The van der Waals surface area contributed by atoms with Crippen molar-refractivity contribution in [2.24, 2.45) is 5.92 Å². The first-order chi connectivity index (χ1) is 22.0. The highest BCUT2D eigenvalue weighted by Crippen LogP contribution is 2.22. The molecular formula is C33H44N6O7. The monoisotopic (exact) mass is 636 g/mol. The summed E-state index contributed by atoms with van der Waals surface area (Å²) in [5, 5.41) is 21.1. The molecule has 0 spiro atoms. The smallest absolute Gasteiger partial charge is 0.245 e. The van der Waals surface area contributed by atoms with Crippen LogP contribution in [0.15, 0.2) is 54.6 Å². The summed E-state index contributed by atoms with van der Waals surface area (Å²) in [5.41, 5.74) is 1.70. The number of ether oxygens (including phenoxy) is 1. The number of hydrogen-bond donors (Lipinski definition) is 5. The number of carbonyl (C=O) groups excluding carboxylic acids is 5. The van der Waals surface area contributed by atoms with Gasteiger partial charge in [-0.25, -0.2) is 0 Å². The van der Waals surface area contributed by atoms with Crippen molar-refractivity contribution in [2.45, 2.75) is 58.0 Å². The molecule has 5 N–H and O–H groups in total. The van der Waals surface area contributed by atoms with Gasteiger partial charge in [-0.15, -0.1) is 0 Å². The third-order valence-electron chi connectivity index (χ3n) is 8.00. The molecule has 2 aliphatic rings. The lowest BCUT2D eigenvalue weighted by atomic mass is 10.0. The molecule has 0 radical (unpaired) electrons. The molecule has 46 heavy (non-hydrogen) atoms. The Morgan fingerprint density at radius 2 is 1.59 bits per heavy atom. The number of carbonyl (C=O) groups is 5. The molecule has 13 heteroatoms. The van der Waals surface area contributed by atoms with Crippen molar-refractivity contribution < 1.29 is 33.8 Å². The summed E-state index contributed by atoms with van der Waals surface area (Å²) in [5.74, 6) is -2.41. The molecule has 0 bridgehead atoms. The fraction of sp³-hybridized carbons (Fsp3) is 0.485. The van der Waals surface area contributed by atoms with Crippen molar-refractivity contribution in [3.05, 3.63) is 65.7 Å². The van der Waals surface area contributed by atoms with Crippen LogP contribution in [-0.4, -0.2) is 108 Å². The standard InChI is InChI=1S/C33H44N6O7/c1-21(2)29-33(45)35-25(17-23-9-5-4-6-10-23)31(43)37-30(22(3)40)32(44)34-13-14-39(19-27(41)36-29)28(42)20-38-15-16-46-26-12-8-7-11-24(26)18-38/h4-12,21-22,25,29-30,40H,13-20H2,1-3H3,(H,34,44)(H,35,45)(H,36,41)(H,37,43)/t22-,25+,29-,30+/m1/s1. The van der Waals surface area contributed by atoms with E-state index in [-0.39, 0.29) is 44.4 Å². The maximum Gasteiger partial charge on any atom is 0.245 e. The fourth-order valence-corrected chi connectivity index (χ4v) is 5.43. The minimum Gasteiger partial charge on any atom is -0.492 e. The van der Waals surface area contributed by atoms with Crippen LogP contribution in [0.1, 0.15) is 31.9 Å². The first kappa shape index (κ1) is 34.4. The van der Waals surface area contributed by atoms with E-state index in [4.69, 9.17) is 4.74 Å². The molecule has 2 heterocycles. The molecule has 13 nitrogen and oxygen atoms in total. The van der Waals surface area contributed by atoms with Crippen molar-refractivity contribution >= 4 is 29.5 Å². The van der Waals surface area contributed by atoms with Crippen LogP contribution >= 0.6 is 0 Å². The molecule has 4 rings (SSSR count). The van der Waals surface area contributed by atoms with Gasteiger partial charge < -0.3 is 36.0 Å². The van der Waals surface area contributed by atoms with Crippen LogP contribution < -0.4 is 26.0 Å². The van der Waals surface area contributed by atoms with E-state index in [1.54, 1.807) is 38.1 Å². The van der Waals surface area contributed by atoms with Crippen LogP contribution in [0.5, 0.6) is 5.75 Å². The van der Waals surface area contributed by atoms with Gasteiger partial charge in [0.25, 0.3) is 0 Å². The third-order valence-corrected chi connectivity index (χ3v) is 8.00. The van der Waals surface area contributed by atoms with E-state index >= 15 is 0 Å². The van der Waals surface area contributed by atoms with E-state index in [2.05, 4.69) is 21.3 Å². The lowest BCUT2D eigenvalue weighted by Gasteiger charge is -2.28. The number of hydrogen-bond acceptors (Lipinski definition) is 8. The van der Waals surface area contributed by atoms with Gasteiger partial charge in [-0.1, -0.05) is 62.4 Å². The fourth-order valence-electron chi connectivity index (χ4n) is 5.43. The number of aliphatic hydroxyl groups excluding tert-OH is 1. The van der Waals surface area contributed by atoms with Gasteiger partial charge >= 0.3 is 0 Å². The minimum absolute atomic E-state index is 0.000534. The minimum atomic E-state index is -1.32. The first-order valence-electron chi connectivity index (χ1n) is 15.6. The van der Waals surface area contributed by atoms with Gasteiger partial charge in [0.2, 0.25) is 29.5 Å². The Balaban J connectivity index is 1.56. The summed E-state index contributed by atoms with van der Waals surface area (Å²) in [6.45, 7) is 5.86. The number of rotatable bonds is 6. The summed E-state index contributed by atoms with van der Waals surface area (Å²) in [6, 6.07) is 13.2. The molecule has 0 unspecified atom stereocenters. The van der Waals surface area contributed by atoms with Crippen molar-refractivity contribution in [3.8, 4) is 5.75 Å². The topological polar surface area (TPSA) is 169 Å². The number of aliphatic hydroxyl groups is 1. The molecule has 4 atom stereocenters. The van der Waals surface area contributed by atoms with Crippen LogP contribution in [0, 0.1) is 5.92 Å². The van der Waals surface area contributed by atoms with Crippen molar-refractivity contribution in [3.63, 3.8) is 0 Å². The summed E-state index contributed by atoms with van der Waals surface area (Å²) >= 11 is 0. The van der Waals surface area contributed by atoms with Gasteiger partial charge in [0.15, 0.2) is 0 Å². The van der Waals surface area contributed by atoms with Crippen molar-refractivity contribution in [1.29, 1.82) is 0 Å². The SMILES string of the molecule is CC(C)[C@H]1NC(=O)CN(C(=O)CN2CCOc3ccccc3C2)CCNC(=O)[C@H]([C@@H](C)O)NC(=O)[C@H](Cc2ccccc2)NC1=O. The number of fused-ring (bicyclic) bond motifs is 1. The van der Waals surface area contributed by atoms with Gasteiger partial charge in [0, 0.05) is 38.2 Å². The average Bonchev–Trinajstić information content (AvgIpc) is 3.22. The Kier molecular flexibility index (Phi) is 12.1. The largest absolute Gasteiger partial charge is 0.492 e. The molecule has 0 aromatic heterocycles. The number of nitrogens with zero attached hydrogens (tertiary/aromatic N) is 2. The summed E-state index contributed by atoms with van der Waals surface area (Å²) in [4.78, 5) is 70.3. The number of nitrogens with one attached hydrogen (secondary N) is 4. The van der Waals surface area contributed by atoms with E-state index in [1.165, 1.54) is 11.8 Å². The molecule has 5 amide bonds. The van der Waals surface area contributed by atoms with Crippen molar-refractivity contribution in [2.75, 3.05) is 39.3 Å². The molecule has 1 saturated heterocycles. The number of para-hydroxylation sites is 1. The number of amides is 5. The van der Waals surface area contributed by atoms with E-state index < -0.39 is 47.9 Å². The first-order valence-corrected chi connectivity index (χ1v) is 15.6. The molecule has 0 saturated carbocycles. The highest BCUT2D eigenvalue weighted by atomic mass is 16.5. The predicted octanol–water partition coefficient (Wildman–Crippen LogP) is -0.427. The molecular weight excluding hydrogens is 592 g/mol.